The van der Waals surface area contributed by atoms with Crippen molar-refractivity contribution in [1.29, 1.82) is 0 Å². The first-order chi connectivity index (χ1) is 8.08. The summed E-state index contributed by atoms with van der Waals surface area (Å²) in [6, 6.07) is 1.50. The van der Waals surface area contributed by atoms with Gasteiger partial charge in [-0.15, -0.1) is 0 Å². The summed E-state index contributed by atoms with van der Waals surface area (Å²) in [5.41, 5.74) is 0.103. The summed E-state index contributed by atoms with van der Waals surface area (Å²) in [4.78, 5) is 28.4. The SMILES string of the molecule is Cc1cc(NC(=O)c2nc[nH]c2C(=O)O)on1. The Kier molecular flexibility index (Phi) is 2.61. The molecule has 0 aliphatic rings. The second-order valence-electron chi connectivity index (χ2n) is 3.22. The lowest BCUT2D eigenvalue weighted by Gasteiger charge is -1.98. The van der Waals surface area contributed by atoms with Crippen molar-refractivity contribution in [2.24, 2.45) is 0 Å². The van der Waals surface area contributed by atoms with E-state index in [0.29, 0.717) is 5.69 Å². The van der Waals surface area contributed by atoms with Crippen LogP contribution in [0.3, 0.4) is 0 Å². The molecule has 0 fully saturated rings. The average molecular weight is 236 g/mol. The molecule has 2 aromatic heterocycles. The van der Waals surface area contributed by atoms with Crippen molar-refractivity contribution >= 4 is 17.8 Å². The van der Waals surface area contributed by atoms with Crippen LogP contribution < -0.4 is 5.32 Å². The number of amides is 1. The summed E-state index contributed by atoms with van der Waals surface area (Å²) in [5.74, 6) is -1.81. The van der Waals surface area contributed by atoms with E-state index >= 15 is 0 Å². The fourth-order valence-electron chi connectivity index (χ4n) is 1.22. The zero-order chi connectivity index (χ0) is 12.4. The van der Waals surface area contributed by atoms with E-state index in [4.69, 9.17) is 9.63 Å². The topological polar surface area (TPSA) is 121 Å². The van der Waals surface area contributed by atoms with Gasteiger partial charge in [-0.05, 0) is 6.92 Å². The van der Waals surface area contributed by atoms with Gasteiger partial charge in [0.2, 0.25) is 5.88 Å². The van der Waals surface area contributed by atoms with Gasteiger partial charge in [0, 0.05) is 6.07 Å². The molecule has 0 aliphatic carbocycles. The number of imidazole rings is 1. The number of carboxylic acids is 1. The molecule has 0 spiro atoms. The fourth-order valence-corrected chi connectivity index (χ4v) is 1.22. The van der Waals surface area contributed by atoms with Crippen molar-refractivity contribution in [2.75, 3.05) is 5.32 Å². The number of carboxylic acid groups (broad SMARTS) is 1. The highest BCUT2D eigenvalue weighted by atomic mass is 16.5. The van der Waals surface area contributed by atoms with E-state index in [1.54, 1.807) is 6.92 Å². The molecule has 0 unspecified atom stereocenters. The number of carbonyl (C=O) groups is 2. The van der Waals surface area contributed by atoms with Gasteiger partial charge in [-0.1, -0.05) is 5.16 Å². The third-order valence-corrected chi connectivity index (χ3v) is 1.93. The fraction of sp³-hybridized carbons (Fsp3) is 0.111. The Hall–Kier alpha value is -2.64. The van der Waals surface area contributed by atoms with Crippen molar-refractivity contribution in [2.45, 2.75) is 6.92 Å². The minimum Gasteiger partial charge on any atom is -0.477 e. The second kappa shape index (κ2) is 4.08. The minimum atomic E-state index is -1.26. The Labute approximate surface area is 94.6 Å². The van der Waals surface area contributed by atoms with E-state index in [1.807, 2.05) is 0 Å². The molecule has 0 saturated carbocycles. The van der Waals surface area contributed by atoms with Crippen molar-refractivity contribution in [3.8, 4) is 0 Å². The van der Waals surface area contributed by atoms with Gasteiger partial charge in [-0.2, -0.15) is 0 Å². The molecule has 0 aliphatic heterocycles. The van der Waals surface area contributed by atoms with Crippen LogP contribution in [0.4, 0.5) is 5.88 Å². The maximum Gasteiger partial charge on any atom is 0.354 e. The molecular weight excluding hydrogens is 228 g/mol. The molecule has 0 aromatic carbocycles. The van der Waals surface area contributed by atoms with Gasteiger partial charge < -0.3 is 14.6 Å². The minimum absolute atomic E-state index is 0.131. The third kappa shape index (κ3) is 2.14. The van der Waals surface area contributed by atoms with Crippen LogP contribution in [0.1, 0.15) is 26.7 Å². The summed E-state index contributed by atoms with van der Waals surface area (Å²) in [5, 5.41) is 14.7. The van der Waals surface area contributed by atoms with E-state index in [-0.39, 0.29) is 17.3 Å². The lowest BCUT2D eigenvalue weighted by atomic mass is 10.3. The van der Waals surface area contributed by atoms with Crippen LogP contribution in [-0.2, 0) is 0 Å². The highest BCUT2D eigenvalue weighted by molar-refractivity contribution is 6.08. The van der Waals surface area contributed by atoms with E-state index in [1.165, 1.54) is 6.07 Å². The number of aromatic carboxylic acids is 1. The molecular formula is C9H8N4O4. The smallest absolute Gasteiger partial charge is 0.354 e. The first kappa shape index (κ1) is 10.9. The van der Waals surface area contributed by atoms with Crippen LogP contribution in [0.15, 0.2) is 16.9 Å². The van der Waals surface area contributed by atoms with Crippen molar-refractivity contribution < 1.29 is 19.2 Å². The summed E-state index contributed by atoms with van der Waals surface area (Å²) in [7, 11) is 0. The zero-order valence-corrected chi connectivity index (χ0v) is 8.72. The number of aromatic amines is 1. The first-order valence-corrected chi connectivity index (χ1v) is 4.59. The molecule has 8 heteroatoms. The largest absolute Gasteiger partial charge is 0.477 e. The quantitative estimate of drug-likeness (QED) is 0.719. The molecule has 0 saturated heterocycles. The Morgan fingerprint density at radius 1 is 1.53 bits per heavy atom. The van der Waals surface area contributed by atoms with Gasteiger partial charge in [0.05, 0.1) is 12.0 Å². The number of carbonyl (C=O) groups excluding carboxylic acids is 1. The van der Waals surface area contributed by atoms with Crippen LogP contribution in [0, 0.1) is 6.92 Å². The number of H-pyrrole nitrogens is 1. The molecule has 0 radical (unpaired) electrons. The van der Waals surface area contributed by atoms with Gasteiger partial charge >= 0.3 is 5.97 Å². The normalized spacial score (nSPS) is 10.2. The van der Waals surface area contributed by atoms with E-state index in [0.717, 1.165) is 6.33 Å². The van der Waals surface area contributed by atoms with Gasteiger partial charge in [0.1, 0.15) is 0 Å². The summed E-state index contributed by atoms with van der Waals surface area (Å²) >= 11 is 0. The monoisotopic (exact) mass is 236 g/mol. The summed E-state index contributed by atoms with van der Waals surface area (Å²) in [6.07, 6.45) is 1.13. The Bertz CT molecular complexity index is 571. The van der Waals surface area contributed by atoms with E-state index in [9.17, 15) is 9.59 Å². The molecule has 1 amide bonds. The number of nitrogens with zero attached hydrogens (tertiary/aromatic N) is 2. The summed E-state index contributed by atoms with van der Waals surface area (Å²) < 4.78 is 4.77. The highest BCUT2D eigenvalue weighted by Gasteiger charge is 2.20. The van der Waals surface area contributed by atoms with Gasteiger partial charge in [-0.3, -0.25) is 10.1 Å². The van der Waals surface area contributed by atoms with Crippen LogP contribution in [0.2, 0.25) is 0 Å². The predicted molar refractivity (Wildman–Crippen MR) is 54.7 cm³/mol. The molecule has 17 heavy (non-hydrogen) atoms. The highest BCUT2D eigenvalue weighted by Crippen LogP contribution is 2.11. The Morgan fingerprint density at radius 3 is 2.88 bits per heavy atom. The van der Waals surface area contributed by atoms with Gasteiger partial charge in [0.25, 0.3) is 5.91 Å². The first-order valence-electron chi connectivity index (χ1n) is 4.59. The lowest BCUT2D eigenvalue weighted by molar-refractivity contribution is 0.0686. The van der Waals surface area contributed by atoms with Crippen molar-refractivity contribution in [3.05, 3.63) is 29.5 Å². The number of rotatable bonds is 3. The molecule has 0 atom stereocenters. The zero-order valence-electron chi connectivity index (χ0n) is 8.72. The predicted octanol–water partition coefficient (Wildman–Crippen LogP) is 0.657. The maximum absolute atomic E-state index is 11.7. The third-order valence-electron chi connectivity index (χ3n) is 1.93. The molecule has 3 N–H and O–H groups in total. The molecule has 2 rings (SSSR count). The number of hydrogen-bond donors (Lipinski definition) is 3. The van der Waals surface area contributed by atoms with Crippen LogP contribution in [-0.4, -0.2) is 32.1 Å². The Balaban J connectivity index is 2.20. The number of nitrogens with one attached hydrogen (secondary N) is 2. The average Bonchev–Trinajstić information content (AvgIpc) is 2.86. The lowest BCUT2D eigenvalue weighted by Crippen LogP contribution is -2.16. The Morgan fingerprint density at radius 2 is 2.29 bits per heavy atom. The number of anilines is 1. The van der Waals surface area contributed by atoms with E-state index in [2.05, 4.69) is 20.4 Å². The molecule has 2 aromatic rings. The van der Waals surface area contributed by atoms with Crippen LogP contribution in [0.25, 0.3) is 0 Å². The second-order valence-corrected chi connectivity index (χ2v) is 3.22. The molecule has 88 valence electrons. The molecule has 8 nitrogen and oxygen atoms in total. The number of aromatic nitrogens is 3. The van der Waals surface area contributed by atoms with Crippen LogP contribution >= 0.6 is 0 Å². The number of hydrogen-bond acceptors (Lipinski definition) is 5. The van der Waals surface area contributed by atoms with Crippen molar-refractivity contribution in [1.82, 2.24) is 15.1 Å². The molecule has 0 bridgehead atoms. The number of aryl methyl sites for hydroxylation is 1. The van der Waals surface area contributed by atoms with Gasteiger partial charge in [0.15, 0.2) is 11.4 Å². The summed E-state index contributed by atoms with van der Waals surface area (Å²) in [6.45, 7) is 1.69. The van der Waals surface area contributed by atoms with Gasteiger partial charge in [-0.25, -0.2) is 9.78 Å². The van der Waals surface area contributed by atoms with Crippen molar-refractivity contribution in [3.63, 3.8) is 0 Å². The van der Waals surface area contributed by atoms with E-state index < -0.39 is 11.9 Å². The standard InChI is InChI=1S/C9H8N4O4/c1-4-2-5(17-13-4)12-8(14)6-7(9(15)16)11-3-10-6/h2-3H,1H3,(H,10,11)(H,12,14)(H,15,16). The van der Waals surface area contributed by atoms with Crippen LogP contribution in [0.5, 0.6) is 0 Å². The maximum atomic E-state index is 11.7. The molecule has 2 heterocycles.